The molecular formula is C18H24N2O3S. The van der Waals surface area contributed by atoms with Crippen molar-refractivity contribution in [2.24, 2.45) is 0 Å². The molecule has 5 nitrogen and oxygen atoms in total. The number of carboxylic acids is 1. The Bertz CT molecular complexity index is 735. The zero-order valence-corrected chi connectivity index (χ0v) is 15.2. The van der Waals surface area contributed by atoms with E-state index in [1.807, 2.05) is 13.8 Å². The Morgan fingerprint density at radius 3 is 2.67 bits per heavy atom. The fraction of sp³-hybridized carbons (Fsp3) is 0.556. The molecule has 0 bridgehead atoms. The number of hydrogen-bond donors (Lipinski definition) is 1. The molecule has 0 amide bonds. The van der Waals surface area contributed by atoms with E-state index in [-0.39, 0.29) is 11.7 Å². The van der Waals surface area contributed by atoms with Gasteiger partial charge in [0.2, 0.25) is 0 Å². The summed E-state index contributed by atoms with van der Waals surface area (Å²) in [6.07, 6.45) is 6.22. The van der Waals surface area contributed by atoms with Crippen LogP contribution < -0.4 is 9.64 Å². The van der Waals surface area contributed by atoms with E-state index in [0.29, 0.717) is 11.8 Å². The predicted octanol–water partition coefficient (Wildman–Crippen LogP) is 4.55. The van der Waals surface area contributed by atoms with E-state index in [1.165, 1.54) is 32.1 Å². The van der Waals surface area contributed by atoms with Crippen molar-refractivity contribution in [1.29, 1.82) is 0 Å². The average Bonchev–Trinajstić information content (AvgIpc) is 2.98. The zero-order chi connectivity index (χ0) is 17.3. The van der Waals surface area contributed by atoms with Crippen molar-refractivity contribution in [2.45, 2.75) is 58.1 Å². The van der Waals surface area contributed by atoms with Crippen LogP contribution >= 0.6 is 11.3 Å². The molecule has 0 radical (unpaired) electrons. The Morgan fingerprint density at radius 1 is 1.33 bits per heavy atom. The number of nitrogens with zero attached hydrogens (tertiary/aromatic N) is 2. The third-order valence-corrected chi connectivity index (χ3v) is 5.58. The highest BCUT2D eigenvalue weighted by Crippen LogP contribution is 2.37. The van der Waals surface area contributed by atoms with Gasteiger partial charge < -0.3 is 14.7 Å². The lowest BCUT2D eigenvalue weighted by Crippen LogP contribution is -2.33. The SMILES string of the molecule is CC(C)Oc1cc(C(=O)O)cc2sc(N(C)C3CCCCC3)nc12. The molecule has 1 aromatic heterocycles. The molecule has 1 saturated carbocycles. The molecule has 1 heterocycles. The molecule has 1 N–H and O–H groups in total. The number of benzene rings is 1. The first kappa shape index (κ1) is 17.0. The number of carbonyl (C=O) groups is 1. The second kappa shape index (κ2) is 6.97. The quantitative estimate of drug-likeness (QED) is 0.859. The van der Waals surface area contributed by atoms with Crippen LogP contribution in [0.4, 0.5) is 5.13 Å². The van der Waals surface area contributed by atoms with E-state index in [4.69, 9.17) is 9.72 Å². The highest BCUT2D eigenvalue weighted by atomic mass is 32.1. The van der Waals surface area contributed by atoms with Gasteiger partial charge in [-0.3, -0.25) is 0 Å². The van der Waals surface area contributed by atoms with E-state index in [0.717, 1.165) is 15.3 Å². The minimum absolute atomic E-state index is 0.0292. The molecule has 1 fully saturated rings. The molecule has 1 aliphatic rings. The summed E-state index contributed by atoms with van der Waals surface area (Å²) in [7, 11) is 2.09. The average molecular weight is 348 g/mol. The van der Waals surface area contributed by atoms with Crippen molar-refractivity contribution < 1.29 is 14.6 Å². The van der Waals surface area contributed by atoms with Crippen LogP contribution in [-0.4, -0.2) is 35.3 Å². The summed E-state index contributed by atoms with van der Waals surface area (Å²) in [5.41, 5.74) is 1.00. The number of carboxylic acid groups (broad SMARTS) is 1. The summed E-state index contributed by atoms with van der Waals surface area (Å²) in [5.74, 6) is -0.388. The molecule has 0 saturated heterocycles. The van der Waals surface area contributed by atoms with Gasteiger partial charge in [-0.25, -0.2) is 9.78 Å². The second-order valence-corrected chi connectivity index (χ2v) is 7.70. The van der Waals surface area contributed by atoms with Crippen LogP contribution in [0.1, 0.15) is 56.3 Å². The standard InChI is InChI=1S/C18H24N2O3S/c1-11(2)23-14-9-12(17(21)22)10-15-16(14)19-18(24-15)20(3)13-7-5-4-6-8-13/h9-11,13H,4-8H2,1-3H3,(H,21,22). The highest BCUT2D eigenvalue weighted by molar-refractivity contribution is 7.22. The number of aromatic carboxylic acids is 1. The number of hydrogen-bond acceptors (Lipinski definition) is 5. The van der Waals surface area contributed by atoms with Gasteiger partial charge in [-0.2, -0.15) is 0 Å². The van der Waals surface area contributed by atoms with Crippen molar-refractivity contribution in [3.63, 3.8) is 0 Å². The molecule has 0 aliphatic heterocycles. The monoisotopic (exact) mass is 348 g/mol. The van der Waals surface area contributed by atoms with Gasteiger partial charge in [-0.05, 0) is 38.8 Å². The van der Waals surface area contributed by atoms with E-state index >= 15 is 0 Å². The first-order valence-corrected chi connectivity index (χ1v) is 9.34. The first-order chi connectivity index (χ1) is 11.5. The van der Waals surface area contributed by atoms with E-state index < -0.39 is 5.97 Å². The summed E-state index contributed by atoms with van der Waals surface area (Å²) in [6, 6.07) is 3.79. The summed E-state index contributed by atoms with van der Waals surface area (Å²) in [4.78, 5) is 18.4. The van der Waals surface area contributed by atoms with Crippen LogP contribution in [0.2, 0.25) is 0 Å². The Labute approximate surface area is 146 Å². The maximum atomic E-state index is 11.4. The van der Waals surface area contributed by atoms with Gasteiger partial charge >= 0.3 is 5.97 Å². The molecule has 130 valence electrons. The fourth-order valence-corrected chi connectivity index (χ4v) is 4.29. The van der Waals surface area contributed by atoms with Crippen LogP contribution in [-0.2, 0) is 0 Å². The number of rotatable bonds is 5. The van der Waals surface area contributed by atoms with Crippen molar-refractivity contribution in [3.05, 3.63) is 17.7 Å². The highest BCUT2D eigenvalue weighted by Gasteiger charge is 2.22. The smallest absolute Gasteiger partial charge is 0.335 e. The third-order valence-electron chi connectivity index (χ3n) is 4.48. The number of fused-ring (bicyclic) bond motifs is 1. The molecule has 2 aromatic rings. The molecule has 0 atom stereocenters. The zero-order valence-electron chi connectivity index (χ0n) is 14.4. The summed E-state index contributed by atoms with van der Waals surface area (Å²) >= 11 is 1.54. The number of ether oxygens (including phenoxy) is 1. The van der Waals surface area contributed by atoms with Crippen LogP contribution in [0.5, 0.6) is 5.75 Å². The molecule has 1 aliphatic carbocycles. The van der Waals surface area contributed by atoms with Crippen LogP contribution in [0.3, 0.4) is 0 Å². The summed E-state index contributed by atoms with van der Waals surface area (Å²) in [5, 5.41) is 10.3. The number of thiazole rings is 1. The lowest BCUT2D eigenvalue weighted by Gasteiger charge is -2.30. The van der Waals surface area contributed by atoms with Gasteiger partial charge in [0.05, 0.1) is 16.4 Å². The second-order valence-electron chi connectivity index (χ2n) is 6.69. The lowest BCUT2D eigenvalue weighted by atomic mass is 9.95. The largest absolute Gasteiger partial charge is 0.489 e. The van der Waals surface area contributed by atoms with Crippen LogP contribution in [0.25, 0.3) is 10.2 Å². The van der Waals surface area contributed by atoms with Gasteiger partial charge in [0, 0.05) is 13.1 Å². The third kappa shape index (κ3) is 3.48. The van der Waals surface area contributed by atoms with Crippen LogP contribution in [0, 0.1) is 0 Å². The lowest BCUT2D eigenvalue weighted by molar-refractivity contribution is 0.0696. The molecular weight excluding hydrogens is 324 g/mol. The van der Waals surface area contributed by atoms with E-state index in [9.17, 15) is 9.90 Å². The van der Waals surface area contributed by atoms with Gasteiger partial charge in [-0.1, -0.05) is 30.6 Å². The predicted molar refractivity (Wildman–Crippen MR) is 97.6 cm³/mol. The van der Waals surface area contributed by atoms with Crippen molar-refractivity contribution in [3.8, 4) is 5.75 Å². The first-order valence-electron chi connectivity index (χ1n) is 8.53. The summed E-state index contributed by atoms with van der Waals surface area (Å²) in [6.45, 7) is 3.86. The van der Waals surface area contributed by atoms with Gasteiger partial charge in [0.25, 0.3) is 0 Å². The van der Waals surface area contributed by atoms with E-state index in [2.05, 4.69) is 11.9 Å². The van der Waals surface area contributed by atoms with Gasteiger partial charge in [-0.15, -0.1) is 0 Å². The van der Waals surface area contributed by atoms with Crippen molar-refractivity contribution >= 4 is 32.7 Å². The minimum Gasteiger partial charge on any atom is -0.489 e. The summed E-state index contributed by atoms with van der Waals surface area (Å²) < 4.78 is 6.68. The van der Waals surface area contributed by atoms with Crippen molar-refractivity contribution in [2.75, 3.05) is 11.9 Å². The number of aromatic nitrogens is 1. The Hall–Kier alpha value is -1.82. The Balaban J connectivity index is 2.00. The number of anilines is 1. The molecule has 0 unspecified atom stereocenters. The minimum atomic E-state index is -0.943. The maximum absolute atomic E-state index is 11.4. The van der Waals surface area contributed by atoms with E-state index in [1.54, 1.807) is 23.5 Å². The molecule has 1 aromatic carbocycles. The molecule has 6 heteroatoms. The van der Waals surface area contributed by atoms with Gasteiger partial charge in [0.1, 0.15) is 11.3 Å². The van der Waals surface area contributed by atoms with Gasteiger partial charge in [0.15, 0.2) is 5.13 Å². The van der Waals surface area contributed by atoms with Crippen molar-refractivity contribution in [1.82, 2.24) is 4.98 Å². The molecule has 24 heavy (non-hydrogen) atoms. The molecule has 0 spiro atoms. The molecule has 3 rings (SSSR count). The fourth-order valence-electron chi connectivity index (χ4n) is 3.23. The topological polar surface area (TPSA) is 62.7 Å². The Kier molecular flexibility index (Phi) is 4.94. The Morgan fingerprint density at radius 2 is 2.04 bits per heavy atom. The normalized spacial score (nSPS) is 15.8. The van der Waals surface area contributed by atoms with Crippen LogP contribution in [0.15, 0.2) is 12.1 Å². The maximum Gasteiger partial charge on any atom is 0.335 e.